The molecule has 0 aromatic rings. The Labute approximate surface area is 78.5 Å². The van der Waals surface area contributed by atoms with E-state index in [4.69, 9.17) is 0 Å². The maximum absolute atomic E-state index is 2.41. The van der Waals surface area contributed by atoms with Gasteiger partial charge in [0.15, 0.2) is 0 Å². The van der Waals surface area contributed by atoms with Crippen LogP contribution in [-0.2, 0) is 0 Å². The molecule has 0 atom stereocenters. The normalized spacial score (nSPS) is 22.2. The van der Waals surface area contributed by atoms with Crippen LogP contribution in [0, 0.1) is 0 Å². The van der Waals surface area contributed by atoms with Crippen molar-refractivity contribution in [3.05, 3.63) is 19.9 Å². The van der Waals surface area contributed by atoms with E-state index in [1.54, 1.807) is 3.62 Å². The summed E-state index contributed by atoms with van der Waals surface area (Å²) in [5, 5.41) is 0. The van der Waals surface area contributed by atoms with E-state index in [1.807, 2.05) is 21.8 Å². The molecule has 0 nitrogen and oxygen atoms in total. The van der Waals surface area contributed by atoms with Crippen LogP contribution in [0.2, 0.25) is 0 Å². The van der Waals surface area contributed by atoms with E-state index in [-0.39, 0.29) is 0 Å². The van der Waals surface area contributed by atoms with Crippen LogP contribution < -0.4 is 0 Å². The number of hydrogen-bond acceptors (Lipinski definition) is 0. The molecule has 0 amide bonds. The third-order valence-electron chi connectivity index (χ3n) is 0.665. The van der Waals surface area contributed by atoms with Crippen molar-refractivity contribution in [2.24, 2.45) is 0 Å². The zero-order chi connectivity index (χ0) is 5.82. The summed E-state index contributed by atoms with van der Waals surface area (Å²) in [6, 6.07) is 0. The molecule has 0 saturated carbocycles. The summed E-state index contributed by atoms with van der Waals surface area (Å²) in [7, 11) is 0. The number of allylic oxidation sites excluding steroid dienone is 3. The van der Waals surface area contributed by atoms with E-state index >= 15 is 0 Å². The summed E-state index contributed by atoms with van der Waals surface area (Å²) in [4.78, 5) is 0. The van der Waals surface area contributed by atoms with Crippen molar-refractivity contribution in [3.8, 4) is 0 Å². The summed E-state index contributed by atoms with van der Waals surface area (Å²) in [6.07, 6.45) is 4.58. The van der Waals surface area contributed by atoms with Crippen LogP contribution in [0.15, 0.2) is 19.9 Å². The van der Waals surface area contributed by atoms with Crippen molar-refractivity contribution in [2.45, 2.75) is 0 Å². The topological polar surface area (TPSA) is 0 Å². The average Bonchev–Trinajstić information content (AvgIpc) is 2.19. The fourth-order valence-electron chi connectivity index (χ4n) is 0.356. The van der Waals surface area contributed by atoms with E-state index in [0.29, 0.717) is 34.1 Å². The van der Waals surface area contributed by atoms with Crippen molar-refractivity contribution in [1.29, 1.82) is 0 Å². The van der Waals surface area contributed by atoms with Gasteiger partial charge < -0.3 is 0 Å². The Morgan fingerprint density at radius 3 is 3.00 bits per heavy atom. The number of hydrogen-bond donors (Lipinski definition) is 0. The standard InChI is InChI=1S/C5H4Te3/c6-3-1-5-2-4-7-8-5/h1-4H. The minimum absolute atomic E-state index is 0.365. The molecule has 0 aromatic carbocycles. The molecule has 0 N–H and O–H groups in total. The molecule has 0 bridgehead atoms. The monoisotopic (exact) mass is 454 g/mol. The summed E-state index contributed by atoms with van der Waals surface area (Å²) in [5.74, 6) is 0. The molecule has 1 aliphatic rings. The quantitative estimate of drug-likeness (QED) is 0.485. The zero-order valence-corrected chi connectivity index (χ0v) is 11.0. The summed E-state index contributed by atoms with van der Waals surface area (Å²) in [6.45, 7) is 0. The van der Waals surface area contributed by atoms with Gasteiger partial charge in [0.2, 0.25) is 0 Å². The van der Waals surface area contributed by atoms with Gasteiger partial charge in [-0.3, -0.25) is 0 Å². The Balaban J connectivity index is 2.58. The van der Waals surface area contributed by atoms with Gasteiger partial charge in [0.25, 0.3) is 0 Å². The molecule has 1 aliphatic heterocycles. The van der Waals surface area contributed by atoms with Crippen molar-refractivity contribution >= 4 is 60.0 Å². The van der Waals surface area contributed by atoms with E-state index in [1.165, 1.54) is 0 Å². The fourth-order valence-corrected chi connectivity index (χ4v) is 10.6. The van der Waals surface area contributed by atoms with Crippen molar-refractivity contribution in [1.82, 2.24) is 0 Å². The third kappa shape index (κ3) is 2.54. The Hall–Kier alpha value is 1.72. The van der Waals surface area contributed by atoms with Crippen molar-refractivity contribution in [3.63, 3.8) is 0 Å². The Morgan fingerprint density at radius 1 is 1.62 bits per heavy atom. The van der Waals surface area contributed by atoms with Gasteiger partial charge in [-0.2, -0.15) is 0 Å². The molecule has 0 spiro atoms. The van der Waals surface area contributed by atoms with Gasteiger partial charge in [0, 0.05) is 0 Å². The van der Waals surface area contributed by atoms with E-state index in [9.17, 15) is 0 Å². The van der Waals surface area contributed by atoms with Crippen LogP contribution in [0.1, 0.15) is 0 Å². The second-order valence-electron chi connectivity index (χ2n) is 1.19. The van der Waals surface area contributed by atoms with Crippen LogP contribution in [0.25, 0.3) is 0 Å². The van der Waals surface area contributed by atoms with Crippen LogP contribution in [0.5, 0.6) is 0 Å². The zero-order valence-electron chi connectivity index (χ0n) is 4.03. The molecule has 0 aliphatic carbocycles. The van der Waals surface area contributed by atoms with Gasteiger partial charge in [-0.05, 0) is 0 Å². The SMILES string of the molecule is [Te]=CC=C1C=C[Te][Te]1. The summed E-state index contributed by atoms with van der Waals surface area (Å²) in [5.41, 5.74) is 0. The van der Waals surface area contributed by atoms with Gasteiger partial charge in [0.05, 0.1) is 0 Å². The molecular formula is C5H4Te3. The van der Waals surface area contributed by atoms with E-state index in [0.717, 1.165) is 0 Å². The summed E-state index contributed by atoms with van der Waals surface area (Å²) < 4.78 is 6.21. The second kappa shape index (κ2) is 4.52. The van der Waals surface area contributed by atoms with Crippen LogP contribution in [0.4, 0.5) is 0 Å². The first-order valence-electron chi connectivity index (χ1n) is 2.09. The molecule has 1 rings (SSSR count). The van der Waals surface area contributed by atoms with Gasteiger partial charge in [-0.1, -0.05) is 0 Å². The predicted octanol–water partition coefficient (Wildman–Crippen LogP) is -0.308. The molecule has 1 heterocycles. The average molecular weight is 447 g/mol. The van der Waals surface area contributed by atoms with Gasteiger partial charge in [-0.25, -0.2) is 0 Å². The predicted molar refractivity (Wildman–Crippen MR) is 40.5 cm³/mol. The Kier molecular flexibility index (Phi) is 4.42. The number of rotatable bonds is 1. The molecule has 0 radical (unpaired) electrons. The molecule has 0 unspecified atom stereocenters. The molecule has 0 saturated heterocycles. The maximum atomic E-state index is 2.41. The minimum atomic E-state index is 0.365. The third-order valence-corrected chi connectivity index (χ3v) is 11.0. The van der Waals surface area contributed by atoms with Crippen molar-refractivity contribution in [2.75, 3.05) is 0 Å². The van der Waals surface area contributed by atoms with Gasteiger partial charge >= 0.3 is 79.9 Å². The molecular weight excluding hydrogens is 443 g/mol. The molecule has 0 aromatic heterocycles. The van der Waals surface area contributed by atoms with Crippen LogP contribution >= 0.6 is 0 Å². The molecule has 0 fully saturated rings. The first-order chi connectivity index (χ1) is 3.93. The first kappa shape index (κ1) is 7.82. The van der Waals surface area contributed by atoms with Crippen molar-refractivity contribution < 1.29 is 0 Å². The molecule has 8 heavy (non-hydrogen) atoms. The second-order valence-corrected chi connectivity index (χ2v) is 12.0. The van der Waals surface area contributed by atoms with Gasteiger partial charge in [0.1, 0.15) is 0 Å². The van der Waals surface area contributed by atoms with E-state index in [2.05, 4.69) is 20.3 Å². The Bertz CT molecular complexity index is 146. The summed E-state index contributed by atoms with van der Waals surface area (Å²) >= 11 is 2.80. The van der Waals surface area contributed by atoms with E-state index < -0.39 is 0 Å². The van der Waals surface area contributed by atoms with Gasteiger partial charge in [-0.15, -0.1) is 0 Å². The Morgan fingerprint density at radius 2 is 2.50 bits per heavy atom. The molecule has 3 heteroatoms. The van der Waals surface area contributed by atoms with Crippen LogP contribution in [-0.4, -0.2) is 60.0 Å². The fraction of sp³-hybridized carbons (Fsp3) is 0. The molecule has 42 valence electrons. The first-order valence-corrected chi connectivity index (χ1v) is 13.3. The van der Waals surface area contributed by atoms with Crippen LogP contribution in [0.3, 0.4) is 0 Å².